The topological polar surface area (TPSA) is 139 Å². The summed E-state index contributed by atoms with van der Waals surface area (Å²) in [5, 5.41) is 15.4. The first kappa shape index (κ1) is 19.6. The number of nitrogens with zero attached hydrogens (tertiary/aromatic N) is 2. The van der Waals surface area contributed by atoms with E-state index in [-0.39, 0.29) is 34.9 Å². The molecule has 1 aromatic heterocycles. The maximum absolute atomic E-state index is 12.1. The molecule has 140 valence electrons. The van der Waals surface area contributed by atoms with E-state index in [1.807, 2.05) is 13.8 Å². The van der Waals surface area contributed by atoms with Crippen LogP contribution in [0.25, 0.3) is 0 Å². The van der Waals surface area contributed by atoms with Crippen LogP contribution >= 0.6 is 0 Å². The average molecular weight is 381 g/mol. The summed E-state index contributed by atoms with van der Waals surface area (Å²) in [7, 11) is -3.63. The van der Waals surface area contributed by atoms with Crippen LogP contribution in [0.5, 0.6) is 0 Å². The van der Waals surface area contributed by atoms with Crippen molar-refractivity contribution in [3.63, 3.8) is 0 Å². The number of benzene rings is 1. The third-order valence-electron chi connectivity index (χ3n) is 3.43. The number of carboxylic acid groups (broad SMARTS) is 1. The SMILES string of the molecule is CC(C)c1noc(CCC(=O)Nc2cc(C(=O)O)cc(S(C)(=O)=O)c2)n1. The highest BCUT2D eigenvalue weighted by Crippen LogP contribution is 2.20. The van der Waals surface area contributed by atoms with Crippen LogP contribution in [0.1, 0.15) is 48.3 Å². The first-order valence-corrected chi connectivity index (χ1v) is 9.66. The molecule has 10 heteroatoms. The van der Waals surface area contributed by atoms with Crippen molar-refractivity contribution >= 4 is 27.4 Å². The average Bonchev–Trinajstić information content (AvgIpc) is 3.01. The van der Waals surface area contributed by atoms with Crippen LogP contribution in [-0.2, 0) is 21.1 Å². The fraction of sp³-hybridized carbons (Fsp3) is 0.375. The van der Waals surface area contributed by atoms with Crippen molar-refractivity contribution in [1.82, 2.24) is 10.1 Å². The van der Waals surface area contributed by atoms with Crippen molar-refractivity contribution in [3.8, 4) is 0 Å². The largest absolute Gasteiger partial charge is 0.478 e. The molecular weight excluding hydrogens is 362 g/mol. The second-order valence-electron chi connectivity index (χ2n) is 6.07. The van der Waals surface area contributed by atoms with Gasteiger partial charge >= 0.3 is 5.97 Å². The van der Waals surface area contributed by atoms with Gasteiger partial charge < -0.3 is 14.9 Å². The molecule has 0 aliphatic rings. The fourth-order valence-electron chi connectivity index (χ4n) is 2.06. The van der Waals surface area contributed by atoms with Gasteiger partial charge in [0.15, 0.2) is 15.7 Å². The molecule has 0 atom stereocenters. The highest BCUT2D eigenvalue weighted by atomic mass is 32.2. The van der Waals surface area contributed by atoms with E-state index < -0.39 is 21.7 Å². The molecule has 1 heterocycles. The minimum Gasteiger partial charge on any atom is -0.478 e. The number of nitrogens with one attached hydrogen (secondary N) is 1. The van der Waals surface area contributed by atoms with Gasteiger partial charge in [-0.15, -0.1) is 0 Å². The zero-order valence-corrected chi connectivity index (χ0v) is 15.3. The van der Waals surface area contributed by atoms with Gasteiger partial charge in [-0.05, 0) is 18.2 Å². The lowest BCUT2D eigenvalue weighted by Gasteiger charge is -2.08. The number of aromatic nitrogens is 2. The third kappa shape index (κ3) is 5.12. The van der Waals surface area contributed by atoms with Crippen molar-refractivity contribution in [2.75, 3.05) is 11.6 Å². The van der Waals surface area contributed by atoms with Crippen LogP contribution in [0.3, 0.4) is 0 Å². The van der Waals surface area contributed by atoms with E-state index in [9.17, 15) is 18.0 Å². The molecule has 2 N–H and O–H groups in total. The van der Waals surface area contributed by atoms with Crippen LogP contribution < -0.4 is 5.32 Å². The highest BCUT2D eigenvalue weighted by molar-refractivity contribution is 7.90. The molecule has 2 rings (SSSR count). The summed E-state index contributed by atoms with van der Waals surface area (Å²) in [5.74, 6) is -0.754. The molecule has 0 radical (unpaired) electrons. The van der Waals surface area contributed by atoms with Gasteiger partial charge in [0.25, 0.3) is 0 Å². The number of sulfone groups is 1. The van der Waals surface area contributed by atoms with Crippen molar-refractivity contribution in [1.29, 1.82) is 0 Å². The maximum atomic E-state index is 12.1. The predicted molar refractivity (Wildman–Crippen MR) is 91.8 cm³/mol. The third-order valence-corrected chi connectivity index (χ3v) is 4.52. The van der Waals surface area contributed by atoms with E-state index in [1.165, 1.54) is 12.1 Å². The number of carbonyl (C=O) groups excluding carboxylic acids is 1. The second-order valence-corrected chi connectivity index (χ2v) is 8.09. The number of hydrogen-bond donors (Lipinski definition) is 2. The van der Waals surface area contributed by atoms with Gasteiger partial charge in [0, 0.05) is 30.7 Å². The smallest absolute Gasteiger partial charge is 0.335 e. The lowest BCUT2D eigenvalue weighted by atomic mass is 10.2. The zero-order chi connectivity index (χ0) is 19.5. The molecule has 0 bridgehead atoms. The number of hydrogen-bond acceptors (Lipinski definition) is 7. The summed E-state index contributed by atoms with van der Waals surface area (Å²) in [4.78, 5) is 27.2. The van der Waals surface area contributed by atoms with E-state index in [1.54, 1.807) is 0 Å². The Morgan fingerprint density at radius 3 is 2.50 bits per heavy atom. The Kier molecular flexibility index (Phi) is 5.76. The van der Waals surface area contributed by atoms with Gasteiger partial charge in [-0.25, -0.2) is 13.2 Å². The Morgan fingerprint density at radius 1 is 1.27 bits per heavy atom. The quantitative estimate of drug-likeness (QED) is 0.741. The molecular formula is C16H19N3O6S. The Balaban J connectivity index is 2.10. The van der Waals surface area contributed by atoms with E-state index in [2.05, 4.69) is 15.5 Å². The normalized spacial score (nSPS) is 11.5. The zero-order valence-electron chi connectivity index (χ0n) is 14.5. The molecule has 0 saturated carbocycles. The van der Waals surface area contributed by atoms with Gasteiger partial charge in [0.1, 0.15) is 0 Å². The minimum absolute atomic E-state index is 0.0191. The first-order chi connectivity index (χ1) is 12.1. The lowest BCUT2D eigenvalue weighted by molar-refractivity contribution is -0.116. The summed E-state index contributed by atoms with van der Waals surface area (Å²) in [6.45, 7) is 3.83. The highest BCUT2D eigenvalue weighted by Gasteiger charge is 2.16. The fourth-order valence-corrected chi connectivity index (χ4v) is 2.74. The number of aromatic carboxylic acids is 1. The summed E-state index contributed by atoms with van der Waals surface area (Å²) < 4.78 is 28.4. The molecule has 0 spiro atoms. The van der Waals surface area contributed by atoms with Gasteiger partial charge in [-0.3, -0.25) is 4.79 Å². The summed E-state index contributed by atoms with van der Waals surface area (Å²) in [6.07, 6.45) is 1.19. The number of amides is 1. The molecule has 0 unspecified atom stereocenters. The van der Waals surface area contributed by atoms with Crippen LogP contribution in [0.2, 0.25) is 0 Å². The Bertz CT molecular complexity index is 933. The van der Waals surface area contributed by atoms with Crippen LogP contribution in [0, 0.1) is 0 Å². The summed E-state index contributed by atoms with van der Waals surface area (Å²) in [5.41, 5.74) is -0.148. The second kappa shape index (κ2) is 7.65. The minimum atomic E-state index is -3.63. The van der Waals surface area contributed by atoms with Crippen molar-refractivity contribution in [3.05, 3.63) is 35.5 Å². The number of anilines is 1. The number of aryl methyl sites for hydroxylation is 1. The van der Waals surface area contributed by atoms with Crippen LogP contribution in [0.15, 0.2) is 27.6 Å². The summed E-state index contributed by atoms with van der Waals surface area (Å²) in [6, 6.07) is 3.45. The van der Waals surface area contributed by atoms with Gasteiger partial charge in [0.2, 0.25) is 11.8 Å². The standard InChI is InChI=1S/C16H19N3O6S/c1-9(2)15-18-14(25-19-15)5-4-13(20)17-11-6-10(16(21)22)7-12(8-11)26(3,23)24/h6-9H,4-5H2,1-3H3,(H,17,20)(H,21,22). The van der Waals surface area contributed by atoms with E-state index >= 15 is 0 Å². The molecule has 1 aromatic carbocycles. The van der Waals surface area contributed by atoms with Crippen LogP contribution in [-0.4, -0.2) is 41.8 Å². The lowest BCUT2D eigenvalue weighted by Crippen LogP contribution is -2.14. The number of carbonyl (C=O) groups is 2. The van der Waals surface area contributed by atoms with Gasteiger partial charge in [-0.2, -0.15) is 4.98 Å². The van der Waals surface area contributed by atoms with Gasteiger partial charge in [0.05, 0.1) is 10.5 Å². The monoisotopic (exact) mass is 381 g/mol. The first-order valence-electron chi connectivity index (χ1n) is 7.77. The molecule has 26 heavy (non-hydrogen) atoms. The van der Waals surface area contributed by atoms with Gasteiger partial charge in [-0.1, -0.05) is 19.0 Å². The molecule has 2 aromatic rings. The van der Waals surface area contributed by atoms with Crippen LogP contribution in [0.4, 0.5) is 5.69 Å². The van der Waals surface area contributed by atoms with Crippen molar-refractivity contribution < 1.29 is 27.6 Å². The molecule has 0 fully saturated rings. The number of carboxylic acids is 1. The van der Waals surface area contributed by atoms with Crippen molar-refractivity contribution in [2.24, 2.45) is 0 Å². The Labute approximate surface area is 150 Å². The Hall–Kier alpha value is -2.75. The van der Waals surface area contributed by atoms with E-state index in [0.29, 0.717) is 11.7 Å². The molecule has 0 aliphatic heterocycles. The Morgan fingerprint density at radius 2 is 1.96 bits per heavy atom. The van der Waals surface area contributed by atoms with Crippen molar-refractivity contribution in [2.45, 2.75) is 37.5 Å². The maximum Gasteiger partial charge on any atom is 0.335 e. The molecule has 0 aliphatic carbocycles. The molecule has 9 nitrogen and oxygen atoms in total. The summed E-state index contributed by atoms with van der Waals surface area (Å²) >= 11 is 0. The van der Waals surface area contributed by atoms with E-state index in [0.717, 1.165) is 12.3 Å². The molecule has 1 amide bonds. The predicted octanol–water partition coefficient (Wildman–Crippen LogP) is 1.87. The van der Waals surface area contributed by atoms with E-state index in [4.69, 9.17) is 9.63 Å². The molecule has 0 saturated heterocycles. The number of rotatable bonds is 7.